The zero-order chi connectivity index (χ0) is 15.4. The summed E-state index contributed by atoms with van der Waals surface area (Å²) in [4.78, 5) is 19.9. The monoisotopic (exact) mass is 290 g/mol. The van der Waals surface area contributed by atoms with Crippen LogP contribution in [0.3, 0.4) is 0 Å². The molecular weight excluding hydrogens is 278 g/mol. The summed E-state index contributed by atoms with van der Waals surface area (Å²) in [5.74, 6) is -3.05. The maximum Gasteiger partial charge on any atom is 0.307 e. The van der Waals surface area contributed by atoms with E-state index in [-0.39, 0.29) is 6.54 Å². The van der Waals surface area contributed by atoms with Gasteiger partial charge in [-0.3, -0.25) is 14.9 Å². The molecule has 1 amide bonds. The molecule has 1 aromatic rings. The Morgan fingerprint density at radius 2 is 2.00 bits per heavy atom. The molecule has 0 radical (unpaired) electrons. The molecule has 0 saturated heterocycles. The Morgan fingerprint density at radius 1 is 1.40 bits per heavy atom. The lowest BCUT2D eigenvalue weighted by Crippen LogP contribution is -2.34. The Kier molecular flexibility index (Phi) is 5.06. The van der Waals surface area contributed by atoms with E-state index in [9.17, 15) is 33.9 Å². The highest BCUT2D eigenvalue weighted by atomic mass is 19.1. The van der Waals surface area contributed by atoms with Crippen molar-refractivity contribution in [3.63, 3.8) is 0 Å². The van der Waals surface area contributed by atoms with Crippen molar-refractivity contribution >= 4 is 11.6 Å². The van der Waals surface area contributed by atoms with Crippen LogP contribution in [0.1, 0.15) is 18.6 Å². The molecule has 2 unspecified atom stereocenters. The van der Waals surface area contributed by atoms with E-state index >= 15 is 0 Å². The van der Waals surface area contributed by atoms with Crippen molar-refractivity contribution < 1.29 is 28.7 Å². The van der Waals surface area contributed by atoms with E-state index < -0.39 is 45.9 Å². The first-order valence-corrected chi connectivity index (χ1v) is 5.48. The Morgan fingerprint density at radius 3 is 2.50 bits per heavy atom. The largest absolute Gasteiger partial charge is 0.388 e. The van der Waals surface area contributed by atoms with Crippen LogP contribution in [0, 0.1) is 21.7 Å². The zero-order valence-corrected chi connectivity index (χ0v) is 10.3. The van der Waals surface area contributed by atoms with Crippen molar-refractivity contribution in [1.82, 2.24) is 5.32 Å². The summed E-state index contributed by atoms with van der Waals surface area (Å²) >= 11 is 0. The molecule has 20 heavy (non-hydrogen) atoms. The van der Waals surface area contributed by atoms with Crippen LogP contribution in [0.2, 0.25) is 0 Å². The van der Waals surface area contributed by atoms with Gasteiger partial charge in [0.05, 0.1) is 11.0 Å². The highest BCUT2D eigenvalue weighted by Gasteiger charge is 2.26. The molecule has 0 aromatic heterocycles. The number of nitrogens with one attached hydrogen (secondary N) is 1. The first-order chi connectivity index (χ1) is 9.23. The van der Waals surface area contributed by atoms with E-state index in [0.29, 0.717) is 12.1 Å². The summed E-state index contributed by atoms with van der Waals surface area (Å²) in [5.41, 5.74) is -1.71. The van der Waals surface area contributed by atoms with E-state index in [1.807, 2.05) is 0 Å². The van der Waals surface area contributed by atoms with Crippen LogP contribution in [0.25, 0.3) is 0 Å². The van der Waals surface area contributed by atoms with Crippen molar-refractivity contribution in [3.8, 4) is 0 Å². The maximum absolute atomic E-state index is 13.6. The van der Waals surface area contributed by atoms with Gasteiger partial charge in [0.1, 0.15) is 18.0 Å². The van der Waals surface area contributed by atoms with Crippen molar-refractivity contribution in [2.75, 3.05) is 6.54 Å². The molecule has 1 rings (SSSR count). The van der Waals surface area contributed by atoms with Crippen LogP contribution in [-0.2, 0) is 4.79 Å². The molecule has 9 heteroatoms. The minimum absolute atomic E-state index is 0.318. The van der Waals surface area contributed by atoms with Crippen molar-refractivity contribution in [2.45, 2.75) is 19.1 Å². The number of benzene rings is 1. The maximum atomic E-state index is 13.6. The predicted molar refractivity (Wildman–Crippen MR) is 62.7 cm³/mol. The van der Waals surface area contributed by atoms with Crippen LogP contribution in [0.4, 0.5) is 14.5 Å². The second-order valence-electron chi connectivity index (χ2n) is 4.03. The van der Waals surface area contributed by atoms with E-state index in [1.54, 1.807) is 0 Å². The third-order valence-electron chi connectivity index (χ3n) is 2.51. The van der Waals surface area contributed by atoms with Gasteiger partial charge >= 0.3 is 5.69 Å². The van der Waals surface area contributed by atoms with Crippen LogP contribution in [0.5, 0.6) is 0 Å². The molecule has 2 atom stereocenters. The summed E-state index contributed by atoms with van der Waals surface area (Å²) in [7, 11) is 0. The Hall–Kier alpha value is -2.13. The van der Waals surface area contributed by atoms with Gasteiger partial charge in [0.2, 0.25) is 11.7 Å². The van der Waals surface area contributed by atoms with Gasteiger partial charge in [-0.15, -0.1) is 0 Å². The Bertz CT molecular complexity index is 538. The number of hydrogen-bond acceptors (Lipinski definition) is 5. The topological polar surface area (TPSA) is 113 Å². The molecule has 0 saturated carbocycles. The Labute approximate surface area is 112 Å². The standard InChI is InChI=1S/C11H12F2N2O5/c1-5(16)14-4-10(17)11(18)6-2-8(13)9(15(19)20)3-7(6)12/h2-3,10-11,17-18H,4H2,1H3,(H,14,16). The van der Waals surface area contributed by atoms with Gasteiger partial charge in [0.15, 0.2) is 0 Å². The molecule has 3 N–H and O–H groups in total. The SMILES string of the molecule is CC(=O)NCC(O)C(O)c1cc(F)c([N+](=O)[O-])cc1F. The average Bonchev–Trinajstić information content (AvgIpc) is 2.36. The van der Waals surface area contributed by atoms with Crippen LogP contribution in [0.15, 0.2) is 12.1 Å². The second-order valence-corrected chi connectivity index (χ2v) is 4.03. The smallest absolute Gasteiger partial charge is 0.307 e. The minimum Gasteiger partial charge on any atom is -0.388 e. The van der Waals surface area contributed by atoms with Gasteiger partial charge in [-0.05, 0) is 6.07 Å². The third-order valence-corrected chi connectivity index (χ3v) is 2.51. The van der Waals surface area contributed by atoms with Gasteiger partial charge in [-0.25, -0.2) is 4.39 Å². The number of nitro groups is 1. The van der Waals surface area contributed by atoms with Crippen LogP contribution in [-0.4, -0.2) is 33.7 Å². The van der Waals surface area contributed by atoms with Crippen molar-refractivity contribution in [1.29, 1.82) is 0 Å². The molecule has 0 fully saturated rings. The normalized spacial score (nSPS) is 13.7. The van der Waals surface area contributed by atoms with E-state index in [1.165, 1.54) is 6.92 Å². The number of carbonyl (C=O) groups excluding carboxylic acids is 1. The molecule has 7 nitrogen and oxygen atoms in total. The quantitative estimate of drug-likeness (QED) is 0.537. The number of nitrogens with zero attached hydrogens (tertiary/aromatic N) is 1. The number of rotatable bonds is 5. The van der Waals surface area contributed by atoms with E-state index in [4.69, 9.17) is 0 Å². The first-order valence-electron chi connectivity index (χ1n) is 5.48. The Balaban J connectivity index is 2.98. The van der Waals surface area contributed by atoms with Gasteiger partial charge < -0.3 is 15.5 Å². The lowest BCUT2D eigenvalue weighted by Gasteiger charge is -2.18. The molecule has 0 bridgehead atoms. The molecule has 0 aliphatic carbocycles. The number of halogens is 2. The minimum atomic E-state index is -1.84. The van der Waals surface area contributed by atoms with Crippen LogP contribution < -0.4 is 5.32 Å². The summed E-state index contributed by atoms with van der Waals surface area (Å²) in [6, 6.07) is 0.758. The molecule has 0 aliphatic rings. The fraction of sp³-hybridized carbons (Fsp3) is 0.364. The zero-order valence-electron chi connectivity index (χ0n) is 10.3. The number of hydrogen-bond donors (Lipinski definition) is 3. The number of carbonyl (C=O) groups is 1. The number of aliphatic hydroxyl groups excluding tert-OH is 2. The fourth-order valence-corrected chi connectivity index (χ4v) is 1.49. The third kappa shape index (κ3) is 3.68. The van der Waals surface area contributed by atoms with E-state index in [2.05, 4.69) is 5.32 Å². The summed E-state index contributed by atoms with van der Waals surface area (Å²) in [6.07, 6.45) is -3.42. The highest BCUT2D eigenvalue weighted by Crippen LogP contribution is 2.26. The van der Waals surface area contributed by atoms with E-state index in [0.717, 1.165) is 0 Å². The lowest BCUT2D eigenvalue weighted by molar-refractivity contribution is -0.387. The molecule has 0 aliphatic heterocycles. The predicted octanol–water partition coefficient (Wildman–Crippen LogP) is 0.403. The highest BCUT2D eigenvalue weighted by molar-refractivity contribution is 5.72. The molecule has 110 valence electrons. The molecule has 0 heterocycles. The van der Waals surface area contributed by atoms with Gasteiger partial charge in [0, 0.05) is 19.0 Å². The summed E-state index contributed by atoms with van der Waals surface area (Å²) in [6.45, 7) is 0.791. The van der Waals surface area contributed by atoms with Crippen molar-refractivity contribution in [2.24, 2.45) is 0 Å². The molecule has 0 spiro atoms. The number of aliphatic hydroxyl groups is 2. The van der Waals surface area contributed by atoms with Crippen molar-refractivity contribution in [3.05, 3.63) is 39.4 Å². The lowest BCUT2D eigenvalue weighted by atomic mass is 10.0. The summed E-state index contributed by atoms with van der Waals surface area (Å²) in [5, 5.41) is 31.8. The average molecular weight is 290 g/mol. The molecular formula is C11H12F2N2O5. The van der Waals surface area contributed by atoms with Gasteiger partial charge in [-0.1, -0.05) is 0 Å². The molecule has 1 aromatic carbocycles. The number of nitro benzene ring substituents is 1. The fourth-order valence-electron chi connectivity index (χ4n) is 1.49. The summed E-state index contributed by atoms with van der Waals surface area (Å²) < 4.78 is 26.9. The van der Waals surface area contributed by atoms with Gasteiger partial charge in [-0.2, -0.15) is 4.39 Å². The number of amides is 1. The first kappa shape index (κ1) is 15.9. The van der Waals surface area contributed by atoms with Crippen LogP contribution >= 0.6 is 0 Å². The second kappa shape index (κ2) is 6.35. The van der Waals surface area contributed by atoms with Gasteiger partial charge in [0.25, 0.3) is 0 Å².